The summed E-state index contributed by atoms with van der Waals surface area (Å²) in [5.74, 6) is 0.871. The predicted octanol–water partition coefficient (Wildman–Crippen LogP) is 5.01. The van der Waals surface area contributed by atoms with Gasteiger partial charge in [0.15, 0.2) is 5.82 Å². The van der Waals surface area contributed by atoms with Crippen molar-refractivity contribution in [2.75, 3.05) is 32.7 Å². The molecule has 1 aliphatic rings. The number of para-hydroxylation sites is 1. The summed E-state index contributed by atoms with van der Waals surface area (Å²) in [6, 6.07) is 25.6. The van der Waals surface area contributed by atoms with Gasteiger partial charge in [0.25, 0.3) is 0 Å². The van der Waals surface area contributed by atoms with Gasteiger partial charge in [0, 0.05) is 32.7 Å². The minimum absolute atomic E-state index is 0.0130. The Morgan fingerprint density at radius 2 is 1.56 bits per heavy atom. The smallest absolute Gasteiger partial charge is 0.178 e. The molecule has 0 unspecified atom stereocenters. The van der Waals surface area contributed by atoms with Crippen LogP contribution in [0.5, 0.6) is 0 Å². The molecule has 0 aliphatic carbocycles. The van der Waals surface area contributed by atoms with E-state index < -0.39 is 0 Å². The molecule has 0 amide bonds. The van der Waals surface area contributed by atoms with E-state index in [9.17, 15) is 0 Å². The van der Waals surface area contributed by atoms with E-state index >= 15 is 0 Å². The summed E-state index contributed by atoms with van der Waals surface area (Å²) in [4.78, 5) is 5.04. The average Bonchev–Trinajstić information content (AvgIpc) is 3.34. The van der Waals surface area contributed by atoms with E-state index in [0.29, 0.717) is 0 Å². The van der Waals surface area contributed by atoms with Crippen LogP contribution in [0.4, 0.5) is 0 Å². The number of benzene rings is 3. The van der Waals surface area contributed by atoms with Crippen molar-refractivity contribution in [2.24, 2.45) is 0 Å². The van der Waals surface area contributed by atoms with E-state index in [-0.39, 0.29) is 6.04 Å². The second-order valence-electron chi connectivity index (χ2n) is 9.66. The van der Waals surface area contributed by atoms with E-state index in [0.717, 1.165) is 44.2 Å². The van der Waals surface area contributed by atoms with Crippen LogP contribution < -0.4 is 0 Å². The minimum Gasteiger partial charge on any atom is -0.297 e. The molecule has 0 saturated carbocycles. The topological polar surface area (TPSA) is 50.1 Å². The lowest BCUT2D eigenvalue weighted by Crippen LogP contribution is -2.48. The number of hydrogen-bond donors (Lipinski definition) is 0. The molecular weight excluding hydrogens is 444 g/mol. The molecule has 2 heterocycles. The van der Waals surface area contributed by atoms with Crippen LogP contribution in [0.1, 0.15) is 39.7 Å². The Bertz CT molecular complexity index is 1300. The highest BCUT2D eigenvalue weighted by molar-refractivity contribution is 5.49. The van der Waals surface area contributed by atoms with Gasteiger partial charge in [0.05, 0.1) is 11.7 Å². The van der Waals surface area contributed by atoms with Crippen molar-refractivity contribution in [3.05, 3.63) is 113 Å². The minimum atomic E-state index is -0.0130. The Labute approximate surface area is 213 Å². The van der Waals surface area contributed by atoms with Crippen LogP contribution in [-0.4, -0.2) is 62.7 Å². The standard InChI is InChI=1S/C30H34N6/c1-23-10-7-16-27(22-23)29(30-31-32-33-36(30)28-24(2)11-8-12-25(28)3)35-20-18-34(19-21-35)17-9-15-26-13-5-4-6-14-26/h4-16,22,29H,17-21H2,1-3H3/b15-9+/t29-/m1/s1. The third kappa shape index (κ3) is 5.30. The molecule has 1 saturated heterocycles. The molecule has 0 bridgehead atoms. The second-order valence-corrected chi connectivity index (χ2v) is 9.66. The van der Waals surface area contributed by atoms with Crippen LogP contribution in [0.25, 0.3) is 11.8 Å². The maximum absolute atomic E-state index is 4.59. The third-order valence-electron chi connectivity index (χ3n) is 6.99. The lowest BCUT2D eigenvalue weighted by molar-refractivity contribution is 0.113. The second kappa shape index (κ2) is 11.0. The fourth-order valence-corrected chi connectivity index (χ4v) is 5.13. The molecule has 1 atom stereocenters. The van der Waals surface area contributed by atoms with Crippen molar-refractivity contribution in [2.45, 2.75) is 26.8 Å². The monoisotopic (exact) mass is 478 g/mol. The van der Waals surface area contributed by atoms with Gasteiger partial charge < -0.3 is 0 Å². The summed E-state index contributed by atoms with van der Waals surface area (Å²) in [7, 11) is 0. The zero-order valence-corrected chi connectivity index (χ0v) is 21.4. The first-order valence-corrected chi connectivity index (χ1v) is 12.7. The molecule has 6 heteroatoms. The van der Waals surface area contributed by atoms with E-state index in [1.54, 1.807) is 0 Å². The molecule has 0 N–H and O–H groups in total. The Morgan fingerprint density at radius 3 is 2.28 bits per heavy atom. The molecule has 6 nitrogen and oxygen atoms in total. The quantitative estimate of drug-likeness (QED) is 0.374. The number of hydrogen-bond acceptors (Lipinski definition) is 5. The van der Waals surface area contributed by atoms with Gasteiger partial charge >= 0.3 is 0 Å². The van der Waals surface area contributed by atoms with Crippen LogP contribution in [0.15, 0.2) is 78.9 Å². The van der Waals surface area contributed by atoms with Crippen molar-refractivity contribution in [1.82, 2.24) is 30.0 Å². The summed E-state index contributed by atoms with van der Waals surface area (Å²) in [5.41, 5.74) is 7.12. The zero-order chi connectivity index (χ0) is 24.9. The SMILES string of the molecule is Cc1cccc([C@H](c2nnnn2-c2c(C)cccc2C)N2CCN(C/C=C/c3ccccc3)CC2)c1. The third-order valence-corrected chi connectivity index (χ3v) is 6.99. The first-order valence-electron chi connectivity index (χ1n) is 12.7. The summed E-state index contributed by atoms with van der Waals surface area (Å²) in [6.07, 6.45) is 4.48. The molecule has 0 spiro atoms. The lowest BCUT2D eigenvalue weighted by atomic mass is 10.0. The van der Waals surface area contributed by atoms with Gasteiger partial charge in [-0.25, -0.2) is 0 Å². The molecule has 1 aromatic heterocycles. The van der Waals surface area contributed by atoms with Crippen LogP contribution >= 0.6 is 0 Å². The van der Waals surface area contributed by atoms with Crippen LogP contribution in [-0.2, 0) is 0 Å². The van der Waals surface area contributed by atoms with Crippen molar-refractivity contribution in [3.8, 4) is 5.69 Å². The number of rotatable bonds is 7. The van der Waals surface area contributed by atoms with Gasteiger partial charge in [0.1, 0.15) is 0 Å². The van der Waals surface area contributed by atoms with E-state index in [4.69, 9.17) is 0 Å². The fraction of sp³-hybridized carbons (Fsp3) is 0.300. The van der Waals surface area contributed by atoms with Crippen LogP contribution in [0.3, 0.4) is 0 Å². The van der Waals surface area contributed by atoms with Crippen LogP contribution in [0, 0.1) is 20.8 Å². The van der Waals surface area contributed by atoms with E-state index in [1.165, 1.54) is 27.8 Å². The fourth-order valence-electron chi connectivity index (χ4n) is 5.13. The Kier molecular flexibility index (Phi) is 7.35. The molecule has 3 aromatic carbocycles. The molecule has 1 fully saturated rings. The molecule has 36 heavy (non-hydrogen) atoms. The highest BCUT2D eigenvalue weighted by Gasteiger charge is 2.31. The van der Waals surface area contributed by atoms with E-state index in [2.05, 4.69) is 131 Å². The number of aryl methyl sites for hydroxylation is 3. The Morgan fingerprint density at radius 1 is 0.833 bits per heavy atom. The van der Waals surface area contributed by atoms with Crippen LogP contribution in [0.2, 0.25) is 0 Å². The van der Waals surface area contributed by atoms with Gasteiger partial charge in [-0.05, 0) is 53.5 Å². The Hall–Kier alpha value is -3.61. The maximum Gasteiger partial charge on any atom is 0.178 e. The highest BCUT2D eigenvalue weighted by Crippen LogP contribution is 2.31. The normalized spacial score (nSPS) is 16.0. The summed E-state index contributed by atoms with van der Waals surface area (Å²) in [5, 5.41) is 13.2. The van der Waals surface area contributed by atoms with Gasteiger partial charge in [-0.2, -0.15) is 4.68 Å². The van der Waals surface area contributed by atoms with Gasteiger partial charge in [-0.15, -0.1) is 5.10 Å². The maximum atomic E-state index is 4.59. The van der Waals surface area contributed by atoms with Gasteiger partial charge in [-0.1, -0.05) is 90.5 Å². The van der Waals surface area contributed by atoms with Gasteiger partial charge in [-0.3, -0.25) is 9.80 Å². The molecule has 4 aromatic rings. The Balaban J connectivity index is 1.39. The van der Waals surface area contributed by atoms with Gasteiger partial charge in [0.2, 0.25) is 0 Å². The molecule has 5 rings (SSSR count). The molecular formula is C30H34N6. The van der Waals surface area contributed by atoms with Crippen molar-refractivity contribution in [1.29, 1.82) is 0 Å². The average molecular weight is 479 g/mol. The first kappa shape index (κ1) is 24.1. The van der Waals surface area contributed by atoms with Crippen molar-refractivity contribution >= 4 is 6.08 Å². The highest BCUT2D eigenvalue weighted by atomic mass is 15.6. The van der Waals surface area contributed by atoms with Crippen molar-refractivity contribution in [3.63, 3.8) is 0 Å². The molecule has 1 aliphatic heterocycles. The van der Waals surface area contributed by atoms with Crippen molar-refractivity contribution < 1.29 is 0 Å². The summed E-state index contributed by atoms with van der Waals surface area (Å²) < 4.78 is 1.95. The number of nitrogens with zero attached hydrogens (tertiary/aromatic N) is 6. The lowest BCUT2D eigenvalue weighted by Gasteiger charge is -2.38. The first-order chi connectivity index (χ1) is 17.6. The summed E-state index contributed by atoms with van der Waals surface area (Å²) >= 11 is 0. The van der Waals surface area contributed by atoms with E-state index in [1.807, 2.05) is 4.68 Å². The molecule has 184 valence electrons. The predicted molar refractivity (Wildman–Crippen MR) is 145 cm³/mol. The molecule has 0 radical (unpaired) electrons. The number of piperazine rings is 1. The summed E-state index contributed by atoms with van der Waals surface area (Å²) in [6.45, 7) is 11.3. The number of aromatic nitrogens is 4. The number of tetrazole rings is 1. The zero-order valence-electron chi connectivity index (χ0n) is 21.4. The largest absolute Gasteiger partial charge is 0.297 e.